The van der Waals surface area contributed by atoms with Gasteiger partial charge in [-0.2, -0.15) is 4.89 Å². The molecule has 1 atom stereocenters. The monoisotopic (exact) mass is 408 g/mol. The van der Waals surface area contributed by atoms with Crippen LogP contribution in [0.2, 0.25) is 0 Å². The molecular formula is C23H36O4S. The lowest BCUT2D eigenvalue weighted by molar-refractivity contribution is -0.258. The molecule has 0 heterocycles. The number of benzene rings is 1. The Bertz CT molecular complexity index is 605. The largest absolute Gasteiger partial charge is 0.463 e. The predicted octanol–water partition coefficient (Wildman–Crippen LogP) is 6.34. The van der Waals surface area contributed by atoms with Gasteiger partial charge in [0.15, 0.2) is 5.09 Å². The number of hydrogen-bond donors (Lipinski definition) is 0. The fourth-order valence-electron chi connectivity index (χ4n) is 2.71. The molecule has 0 N–H and O–H groups in total. The van der Waals surface area contributed by atoms with Crippen LogP contribution in [0.1, 0.15) is 65.9 Å². The van der Waals surface area contributed by atoms with Gasteiger partial charge in [0.05, 0.1) is 5.41 Å². The van der Waals surface area contributed by atoms with Crippen LogP contribution in [-0.4, -0.2) is 24.9 Å². The maximum absolute atomic E-state index is 12.5. The molecule has 1 unspecified atom stereocenters. The van der Waals surface area contributed by atoms with E-state index in [0.29, 0.717) is 11.0 Å². The van der Waals surface area contributed by atoms with Gasteiger partial charge in [0, 0.05) is 5.75 Å². The Morgan fingerprint density at radius 1 is 1.11 bits per heavy atom. The lowest BCUT2D eigenvalue weighted by atomic mass is 9.79. The summed E-state index contributed by atoms with van der Waals surface area (Å²) in [5.74, 6) is 0.996. The van der Waals surface area contributed by atoms with Crippen molar-refractivity contribution in [3.8, 4) is 0 Å². The van der Waals surface area contributed by atoms with E-state index in [9.17, 15) is 4.79 Å². The third kappa shape index (κ3) is 9.65. The molecule has 0 saturated carbocycles. The number of esters is 1. The van der Waals surface area contributed by atoms with Gasteiger partial charge in [-0.1, -0.05) is 69.8 Å². The second-order valence-electron chi connectivity index (χ2n) is 8.87. The molecule has 0 aromatic heterocycles. The fraction of sp³-hybridized carbons (Fsp3) is 0.609. The minimum Gasteiger partial charge on any atom is -0.463 e. The number of carbonyl (C=O) groups is 1. The maximum atomic E-state index is 12.5. The van der Waals surface area contributed by atoms with E-state index in [0.717, 1.165) is 18.6 Å². The molecule has 0 bridgehead atoms. The van der Waals surface area contributed by atoms with Gasteiger partial charge in [0.1, 0.15) is 13.2 Å². The van der Waals surface area contributed by atoms with Crippen LogP contribution in [0.25, 0.3) is 0 Å². The second kappa shape index (κ2) is 11.5. The van der Waals surface area contributed by atoms with E-state index in [4.69, 9.17) is 14.5 Å². The molecule has 0 fully saturated rings. The Kier molecular flexibility index (Phi) is 10.1. The predicted molar refractivity (Wildman–Crippen MR) is 117 cm³/mol. The van der Waals surface area contributed by atoms with E-state index >= 15 is 0 Å². The van der Waals surface area contributed by atoms with E-state index in [1.54, 1.807) is 0 Å². The van der Waals surface area contributed by atoms with Gasteiger partial charge in [0.2, 0.25) is 0 Å². The number of ether oxygens (including phenoxy) is 1. The fourth-order valence-corrected chi connectivity index (χ4v) is 3.40. The number of hydrogen-bond acceptors (Lipinski definition) is 5. The van der Waals surface area contributed by atoms with Crippen molar-refractivity contribution in [1.29, 1.82) is 0 Å². The van der Waals surface area contributed by atoms with Gasteiger partial charge in [-0.15, -0.1) is 0 Å². The average molecular weight is 409 g/mol. The van der Waals surface area contributed by atoms with Gasteiger partial charge in [-0.25, -0.2) is 0 Å². The molecule has 0 saturated heterocycles. The summed E-state index contributed by atoms with van der Waals surface area (Å²) in [6, 6.07) is 10.3. The Hall–Kier alpha value is -1.46. The van der Waals surface area contributed by atoms with Crippen molar-refractivity contribution in [2.24, 2.45) is 10.8 Å². The summed E-state index contributed by atoms with van der Waals surface area (Å²) < 4.78 is 5.40. The van der Waals surface area contributed by atoms with Gasteiger partial charge >= 0.3 is 5.97 Å². The van der Waals surface area contributed by atoms with Crippen molar-refractivity contribution in [2.45, 2.75) is 60.3 Å². The first-order valence-corrected chi connectivity index (χ1v) is 10.9. The van der Waals surface area contributed by atoms with E-state index in [1.165, 1.54) is 17.3 Å². The third-order valence-corrected chi connectivity index (χ3v) is 5.69. The van der Waals surface area contributed by atoms with Crippen molar-refractivity contribution < 1.29 is 19.3 Å². The quantitative estimate of drug-likeness (QED) is 0.133. The average Bonchev–Trinajstić information content (AvgIpc) is 2.64. The summed E-state index contributed by atoms with van der Waals surface area (Å²) in [5.41, 5.74) is 0.881. The minimum absolute atomic E-state index is 0.154. The molecule has 0 aliphatic carbocycles. The van der Waals surface area contributed by atoms with Gasteiger partial charge in [-0.05, 0) is 50.2 Å². The summed E-state index contributed by atoms with van der Waals surface area (Å²) in [7, 11) is 0. The van der Waals surface area contributed by atoms with Crippen LogP contribution < -0.4 is 0 Å². The maximum Gasteiger partial charge on any atom is 0.311 e. The van der Waals surface area contributed by atoms with E-state index in [-0.39, 0.29) is 24.6 Å². The molecule has 1 aromatic carbocycles. The summed E-state index contributed by atoms with van der Waals surface area (Å²) in [6.07, 6.45) is 1.72. The summed E-state index contributed by atoms with van der Waals surface area (Å²) in [4.78, 5) is 22.7. The standard InChI is InChI=1S/C23H36O4S/c1-8-19(20-12-10-9-11-13-20)16-23(6,7)21(24)25-14-15-26-27-18(2)28-17-22(3,4)5/h9-13,19H,2,8,14-17H2,1,3-7H3. The molecule has 1 aromatic rings. The zero-order valence-corrected chi connectivity index (χ0v) is 19.1. The molecule has 28 heavy (non-hydrogen) atoms. The van der Waals surface area contributed by atoms with E-state index in [1.807, 2.05) is 32.0 Å². The van der Waals surface area contributed by atoms with Crippen molar-refractivity contribution in [3.63, 3.8) is 0 Å². The van der Waals surface area contributed by atoms with Crippen molar-refractivity contribution >= 4 is 17.7 Å². The van der Waals surface area contributed by atoms with Crippen LogP contribution in [-0.2, 0) is 19.3 Å². The topological polar surface area (TPSA) is 44.8 Å². The highest BCUT2D eigenvalue weighted by molar-refractivity contribution is 8.02. The molecule has 4 nitrogen and oxygen atoms in total. The highest BCUT2D eigenvalue weighted by atomic mass is 32.2. The highest BCUT2D eigenvalue weighted by Crippen LogP contribution is 2.34. The first kappa shape index (κ1) is 24.6. The van der Waals surface area contributed by atoms with E-state index < -0.39 is 5.41 Å². The zero-order valence-electron chi connectivity index (χ0n) is 18.2. The number of thioether (sulfide) groups is 1. The van der Waals surface area contributed by atoms with Crippen LogP contribution in [0.3, 0.4) is 0 Å². The molecule has 1 rings (SSSR count). The molecule has 0 spiro atoms. The first-order valence-electron chi connectivity index (χ1n) is 9.88. The number of rotatable bonds is 12. The Morgan fingerprint density at radius 2 is 1.75 bits per heavy atom. The number of carbonyl (C=O) groups excluding carboxylic acids is 1. The molecule has 5 heteroatoms. The van der Waals surface area contributed by atoms with Crippen molar-refractivity contribution in [3.05, 3.63) is 47.6 Å². The normalized spacial score (nSPS) is 13.1. The Balaban J connectivity index is 2.34. The zero-order chi connectivity index (χ0) is 21.2. The molecule has 0 radical (unpaired) electrons. The summed E-state index contributed by atoms with van der Waals surface area (Å²) in [5, 5.41) is 0.509. The minimum atomic E-state index is -0.566. The van der Waals surface area contributed by atoms with Crippen LogP contribution >= 0.6 is 11.8 Å². The van der Waals surface area contributed by atoms with Gasteiger partial charge in [-0.3, -0.25) is 4.79 Å². The van der Waals surface area contributed by atoms with E-state index in [2.05, 4.69) is 46.4 Å². The van der Waals surface area contributed by atoms with Gasteiger partial charge in [0.25, 0.3) is 0 Å². The van der Waals surface area contributed by atoms with Crippen molar-refractivity contribution in [1.82, 2.24) is 0 Å². The molecule has 158 valence electrons. The van der Waals surface area contributed by atoms with Crippen LogP contribution in [0.5, 0.6) is 0 Å². The molecule has 0 aliphatic heterocycles. The Labute approximate surface area is 175 Å². The lowest BCUT2D eigenvalue weighted by Gasteiger charge is -2.27. The van der Waals surface area contributed by atoms with Gasteiger partial charge < -0.3 is 9.62 Å². The molecule has 0 aliphatic rings. The SMILES string of the molecule is C=C(OOCCOC(=O)C(C)(C)CC(CC)c1ccccc1)SCC(C)(C)C. The molecular weight excluding hydrogens is 372 g/mol. The smallest absolute Gasteiger partial charge is 0.311 e. The van der Waals surface area contributed by atoms with Crippen molar-refractivity contribution in [2.75, 3.05) is 19.0 Å². The lowest BCUT2D eigenvalue weighted by Crippen LogP contribution is -2.29. The summed E-state index contributed by atoms with van der Waals surface area (Å²) >= 11 is 1.51. The highest BCUT2D eigenvalue weighted by Gasteiger charge is 2.32. The molecule has 0 amide bonds. The second-order valence-corrected chi connectivity index (χ2v) is 9.90. The summed E-state index contributed by atoms with van der Waals surface area (Å²) in [6.45, 7) is 16.6. The van der Waals surface area contributed by atoms with Crippen LogP contribution in [0.4, 0.5) is 0 Å². The Morgan fingerprint density at radius 3 is 2.32 bits per heavy atom. The third-order valence-electron chi connectivity index (χ3n) is 4.29. The van der Waals surface area contributed by atoms with Crippen LogP contribution in [0, 0.1) is 10.8 Å². The first-order chi connectivity index (χ1) is 13.0. The van der Waals surface area contributed by atoms with Crippen LogP contribution in [0.15, 0.2) is 42.0 Å².